The minimum absolute atomic E-state index is 0.0814. The van der Waals surface area contributed by atoms with Gasteiger partial charge < -0.3 is 5.11 Å². The molecule has 4 nitrogen and oxygen atoms in total. The number of phenols is 1. The van der Waals surface area contributed by atoms with Crippen LogP contribution >= 0.6 is 0 Å². The van der Waals surface area contributed by atoms with Crippen LogP contribution in [0.3, 0.4) is 0 Å². The van der Waals surface area contributed by atoms with Crippen LogP contribution in [0, 0.1) is 6.07 Å². The molecule has 0 spiro atoms. The number of rotatable bonds is 1. The highest BCUT2D eigenvalue weighted by atomic mass is 16.3. The lowest BCUT2D eigenvalue weighted by Gasteiger charge is -1.97. The van der Waals surface area contributed by atoms with E-state index in [4.69, 9.17) is 5.11 Å². The van der Waals surface area contributed by atoms with Crippen molar-refractivity contribution in [2.24, 2.45) is 0 Å². The predicted molar refractivity (Wildman–Crippen MR) is 45.8 cm³/mol. The quantitative estimate of drug-likeness (QED) is 0.698. The molecule has 0 saturated heterocycles. The third-order valence-corrected chi connectivity index (χ3v) is 1.54. The van der Waals surface area contributed by atoms with Gasteiger partial charge in [0.15, 0.2) is 5.82 Å². The van der Waals surface area contributed by atoms with E-state index in [1.54, 1.807) is 18.2 Å². The second kappa shape index (κ2) is 3.18. The first-order chi connectivity index (χ1) is 6.36. The first-order valence-electron chi connectivity index (χ1n) is 3.69. The molecule has 13 heavy (non-hydrogen) atoms. The number of nitrogens with zero attached hydrogens (tertiary/aromatic N) is 3. The Labute approximate surface area is 74.9 Å². The predicted octanol–water partition coefficient (Wildman–Crippen LogP) is 1.04. The monoisotopic (exact) mass is 172 g/mol. The van der Waals surface area contributed by atoms with Gasteiger partial charge in [-0.05, 0) is 12.1 Å². The van der Waals surface area contributed by atoms with Gasteiger partial charge >= 0.3 is 0 Å². The summed E-state index contributed by atoms with van der Waals surface area (Å²) in [6.07, 6.45) is 2.83. The lowest BCUT2D eigenvalue weighted by molar-refractivity contribution is 0.474. The van der Waals surface area contributed by atoms with Crippen molar-refractivity contribution in [2.45, 2.75) is 0 Å². The summed E-state index contributed by atoms with van der Waals surface area (Å²) in [5, 5.41) is 9.15. The van der Waals surface area contributed by atoms with E-state index in [2.05, 4.69) is 21.0 Å². The first kappa shape index (κ1) is 7.67. The largest absolute Gasteiger partial charge is 0.507 e. The molecule has 1 aromatic heterocycles. The number of hydrogen-bond donors (Lipinski definition) is 1. The minimum atomic E-state index is 0.0814. The number of phenolic OH excluding ortho intramolecular Hbond substituents is 1. The van der Waals surface area contributed by atoms with E-state index < -0.39 is 0 Å². The summed E-state index contributed by atoms with van der Waals surface area (Å²) >= 11 is 0. The summed E-state index contributed by atoms with van der Waals surface area (Å²) in [7, 11) is 0. The van der Waals surface area contributed by atoms with Crippen LogP contribution < -0.4 is 0 Å². The zero-order valence-electron chi connectivity index (χ0n) is 6.68. The van der Waals surface area contributed by atoms with Crippen molar-refractivity contribution >= 4 is 0 Å². The van der Waals surface area contributed by atoms with Crippen molar-refractivity contribution in [3.63, 3.8) is 0 Å². The van der Waals surface area contributed by atoms with Gasteiger partial charge in [-0.1, -0.05) is 6.07 Å². The second-order valence-electron chi connectivity index (χ2n) is 2.42. The summed E-state index contributed by atoms with van der Waals surface area (Å²) < 4.78 is 0. The molecule has 0 aliphatic carbocycles. The molecule has 0 aliphatic rings. The minimum Gasteiger partial charge on any atom is -0.507 e. The molecule has 2 aromatic rings. The summed E-state index contributed by atoms with van der Waals surface area (Å²) in [6, 6.07) is 7.57. The molecule has 0 bridgehead atoms. The van der Waals surface area contributed by atoms with Crippen molar-refractivity contribution in [3.05, 3.63) is 36.9 Å². The van der Waals surface area contributed by atoms with Crippen LogP contribution in [0.15, 0.2) is 30.9 Å². The number of hydrogen-bond acceptors (Lipinski definition) is 4. The molecular weight excluding hydrogens is 166 g/mol. The molecule has 4 heteroatoms. The molecule has 1 aromatic carbocycles. The van der Waals surface area contributed by atoms with Gasteiger partial charge in [0.1, 0.15) is 18.4 Å². The van der Waals surface area contributed by atoms with Crippen LogP contribution in [0.25, 0.3) is 11.4 Å². The molecular formula is C9H6N3O. The zero-order chi connectivity index (χ0) is 9.10. The van der Waals surface area contributed by atoms with Gasteiger partial charge in [-0.2, -0.15) is 0 Å². The zero-order valence-corrected chi connectivity index (χ0v) is 6.68. The van der Waals surface area contributed by atoms with Gasteiger partial charge in [0.25, 0.3) is 0 Å². The maximum Gasteiger partial charge on any atom is 0.162 e. The van der Waals surface area contributed by atoms with Gasteiger partial charge in [0, 0.05) is 11.6 Å². The fourth-order valence-corrected chi connectivity index (χ4v) is 0.981. The lowest BCUT2D eigenvalue weighted by Crippen LogP contribution is -1.88. The van der Waals surface area contributed by atoms with Gasteiger partial charge in [-0.15, -0.1) is 0 Å². The Morgan fingerprint density at radius 3 is 2.69 bits per heavy atom. The van der Waals surface area contributed by atoms with Gasteiger partial charge in [-0.25, -0.2) is 15.0 Å². The van der Waals surface area contributed by atoms with Crippen LogP contribution in [0.1, 0.15) is 0 Å². The standard InChI is InChI=1S/C9H6N3O/c13-8-3-1-2-7(4-8)9-11-5-10-6-12-9/h1-2,4-6,13H. The van der Waals surface area contributed by atoms with Crippen molar-refractivity contribution in [1.82, 2.24) is 15.0 Å². The first-order valence-corrected chi connectivity index (χ1v) is 3.69. The van der Waals surface area contributed by atoms with E-state index in [0.29, 0.717) is 5.82 Å². The molecule has 0 aliphatic heterocycles. The molecule has 63 valence electrons. The van der Waals surface area contributed by atoms with Crippen molar-refractivity contribution in [3.8, 4) is 17.1 Å². The summed E-state index contributed by atoms with van der Waals surface area (Å²) in [5.74, 6) is 0.622. The molecule has 0 amide bonds. The highest BCUT2D eigenvalue weighted by Crippen LogP contribution is 2.17. The van der Waals surface area contributed by atoms with Crippen LogP contribution in [-0.4, -0.2) is 20.1 Å². The molecule has 1 radical (unpaired) electrons. The van der Waals surface area contributed by atoms with E-state index in [1.165, 1.54) is 12.7 Å². The molecule has 2 rings (SSSR count). The molecule has 1 heterocycles. The van der Waals surface area contributed by atoms with E-state index >= 15 is 0 Å². The molecule has 1 N–H and O–H groups in total. The molecule has 0 unspecified atom stereocenters. The third-order valence-electron chi connectivity index (χ3n) is 1.54. The Bertz CT molecular complexity index is 403. The van der Waals surface area contributed by atoms with Crippen LogP contribution in [0.2, 0.25) is 0 Å². The number of benzene rings is 1. The second-order valence-corrected chi connectivity index (χ2v) is 2.42. The third kappa shape index (κ3) is 1.61. The summed E-state index contributed by atoms with van der Waals surface area (Å²) in [5.41, 5.74) is 0.749. The molecule has 0 atom stereocenters. The Hall–Kier alpha value is -1.97. The fourth-order valence-electron chi connectivity index (χ4n) is 0.981. The molecule has 0 saturated carbocycles. The SMILES string of the molecule is Oc1[c]ccc(-c2ncncn2)c1. The van der Waals surface area contributed by atoms with E-state index in [-0.39, 0.29) is 5.75 Å². The Morgan fingerprint density at radius 1 is 1.23 bits per heavy atom. The van der Waals surface area contributed by atoms with Crippen LogP contribution in [0.4, 0.5) is 0 Å². The number of aromatic nitrogens is 3. The van der Waals surface area contributed by atoms with E-state index in [1.807, 2.05) is 0 Å². The maximum absolute atomic E-state index is 9.15. The Kier molecular flexibility index (Phi) is 1.88. The van der Waals surface area contributed by atoms with E-state index in [9.17, 15) is 0 Å². The summed E-state index contributed by atoms with van der Waals surface area (Å²) in [6.45, 7) is 0. The van der Waals surface area contributed by atoms with Crippen LogP contribution in [-0.2, 0) is 0 Å². The maximum atomic E-state index is 9.15. The Morgan fingerprint density at radius 2 is 2.00 bits per heavy atom. The molecule has 0 fully saturated rings. The average molecular weight is 172 g/mol. The van der Waals surface area contributed by atoms with Crippen LogP contribution in [0.5, 0.6) is 5.75 Å². The van der Waals surface area contributed by atoms with Crippen molar-refractivity contribution < 1.29 is 5.11 Å². The summed E-state index contributed by atoms with van der Waals surface area (Å²) in [4.78, 5) is 11.6. The van der Waals surface area contributed by atoms with Crippen molar-refractivity contribution in [2.75, 3.05) is 0 Å². The van der Waals surface area contributed by atoms with Crippen molar-refractivity contribution in [1.29, 1.82) is 0 Å². The van der Waals surface area contributed by atoms with E-state index in [0.717, 1.165) is 5.56 Å². The topological polar surface area (TPSA) is 58.9 Å². The van der Waals surface area contributed by atoms with Gasteiger partial charge in [0.2, 0.25) is 0 Å². The lowest BCUT2D eigenvalue weighted by atomic mass is 10.2. The van der Waals surface area contributed by atoms with Gasteiger partial charge in [-0.3, -0.25) is 0 Å². The highest BCUT2D eigenvalue weighted by molar-refractivity contribution is 5.56. The number of aromatic hydroxyl groups is 1. The fraction of sp³-hybridized carbons (Fsp3) is 0. The highest BCUT2D eigenvalue weighted by Gasteiger charge is 1.99. The Balaban J connectivity index is 2.48. The normalized spacial score (nSPS) is 9.85. The average Bonchev–Trinajstić information content (AvgIpc) is 2.19. The smallest absolute Gasteiger partial charge is 0.162 e. The van der Waals surface area contributed by atoms with Gasteiger partial charge in [0.05, 0.1) is 0 Å².